The second kappa shape index (κ2) is 8.42. The minimum atomic E-state index is -0.0794. The van der Waals surface area contributed by atoms with E-state index in [9.17, 15) is 4.79 Å². The first kappa shape index (κ1) is 19.9. The number of aromatic nitrogens is 1. The summed E-state index contributed by atoms with van der Waals surface area (Å²) in [5.41, 5.74) is 3.79. The summed E-state index contributed by atoms with van der Waals surface area (Å²) in [6.45, 7) is 5.87. The van der Waals surface area contributed by atoms with E-state index >= 15 is 0 Å². The van der Waals surface area contributed by atoms with E-state index in [1.807, 2.05) is 31.4 Å². The molecule has 0 bridgehead atoms. The Bertz CT molecular complexity index is 990. The number of ether oxygens (including phenoxy) is 1. The molecule has 0 fully saturated rings. The number of rotatable bonds is 5. The second-order valence-electron chi connectivity index (χ2n) is 6.13. The van der Waals surface area contributed by atoms with Crippen LogP contribution in [0.25, 0.3) is 0 Å². The number of anilines is 2. The van der Waals surface area contributed by atoms with Gasteiger partial charge in [-0.2, -0.15) is 0 Å². The molecule has 0 radical (unpaired) electrons. The molecular weight excluding hydrogens is 448 g/mol. The van der Waals surface area contributed by atoms with Crippen molar-refractivity contribution in [3.8, 4) is 5.75 Å². The average molecular weight is 466 g/mol. The van der Waals surface area contributed by atoms with E-state index in [0.717, 1.165) is 27.0 Å². The molecule has 0 atom stereocenters. The van der Waals surface area contributed by atoms with Gasteiger partial charge in [-0.15, -0.1) is 11.3 Å². The maximum Gasteiger partial charge on any atom is 0.230 e. The highest BCUT2D eigenvalue weighted by atomic mass is 79.9. The standard InChI is InChI=1S/C20H18BrClN2O2S/c1-12-4-6-18(13(2)8-12)24(14(3)25)20-23-16(11-27-20)10-26-19-7-5-15(22)9-17(19)21/h4-9,11H,10H2,1-3H3. The number of aryl methyl sites for hydroxylation is 2. The van der Waals surface area contributed by atoms with Crippen LogP contribution in [-0.4, -0.2) is 10.9 Å². The van der Waals surface area contributed by atoms with Crippen LogP contribution in [0.15, 0.2) is 46.3 Å². The van der Waals surface area contributed by atoms with Crippen LogP contribution >= 0.6 is 38.9 Å². The zero-order valence-corrected chi connectivity index (χ0v) is 18.3. The fourth-order valence-corrected chi connectivity index (χ4v) is 4.33. The van der Waals surface area contributed by atoms with Gasteiger partial charge in [0, 0.05) is 17.3 Å². The van der Waals surface area contributed by atoms with E-state index in [0.29, 0.717) is 22.5 Å². The molecule has 1 amide bonds. The van der Waals surface area contributed by atoms with E-state index in [1.165, 1.54) is 11.3 Å². The molecule has 0 aliphatic carbocycles. The van der Waals surface area contributed by atoms with Gasteiger partial charge in [-0.1, -0.05) is 29.3 Å². The van der Waals surface area contributed by atoms with Gasteiger partial charge in [0.2, 0.25) is 5.91 Å². The number of nitrogens with zero attached hydrogens (tertiary/aromatic N) is 2. The molecule has 1 heterocycles. The number of hydrogen-bond donors (Lipinski definition) is 0. The zero-order chi connectivity index (χ0) is 19.6. The topological polar surface area (TPSA) is 42.4 Å². The molecule has 0 saturated carbocycles. The predicted molar refractivity (Wildman–Crippen MR) is 114 cm³/mol. The summed E-state index contributed by atoms with van der Waals surface area (Å²) in [4.78, 5) is 18.5. The first-order valence-electron chi connectivity index (χ1n) is 8.25. The number of hydrogen-bond acceptors (Lipinski definition) is 4. The largest absolute Gasteiger partial charge is 0.486 e. The second-order valence-corrected chi connectivity index (χ2v) is 8.26. The third kappa shape index (κ3) is 4.69. The molecule has 0 unspecified atom stereocenters. The summed E-state index contributed by atoms with van der Waals surface area (Å²) < 4.78 is 6.60. The Labute approximate surface area is 175 Å². The predicted octanol–water partition coefficient (Wildman–Crippen LogP) is 6.44. The van der Waals surface area contributed by atoms with Crippen LogP contribution in [-0.2, 0) is 11.4 Å². The zero-order valence-electron chi connectivity index (χ0n) is 15.1. The summed E-state index contributed by atoms with van der Waals surface area (Å²) >= 11 is 10.8. The Morgan fingerprint density at radius 1 is 1.26 bits per heavy atom. The number of thiazole rings is 1. The molecule has 0 spiro atoms. The molecule has 2 aromatic carbocycles. The van der Waals surface area contributed by atoms with Crippen LogP contribution < -0.4 is 9.64 Å². The molecule has 0 saturated heterocycles. The van der Waals surface area contributed by atoms with E-state index < -0.39 is 0 Å². The van der Waals surface area contributed by atoms with E-state index in [2.05, 4.69) is 27.0 Å². The molecule has 0 aliphatic heterocycles. The molecule has 140 valence electrons. The minimum absolute atomic E-state index is 0.0794. The van der Waals surface area contributed by atoms with Crippen LogP contribution in [0.5, 0.6) is 5.75 Å². The van der Waals surface area contributed by atoms with E-state index in [1.54, 1.807) is 30.0 Å². The number of carbonyl (C=O) groups excluding carboxylic acids is 1. The lowest BCUT2D eigenvalue weighted by Crippen LogP contribution is -2.23. The first-order valence-corrected chi connectivity index (χ1v) is 10.3. The van der Waals surface area contributed by atoms with Crippen molar-refractivity contribution in [1.82, 2.24) is 4.98 Å². The highest BCUT2D eigenvalue weighted by Crippen LogP contribution is 2.33. The van der Waals surface area contributed by atoms with Gasteiger partial charge >= 0.3 is 0 Å². The van der Waals surface area contributed by atoms with Crippen LogP contribution in [0.4, 0.5) is 10.8 Å². The number of halogens is 2. The summed E-state index contributed by atoms with van der Waals surface area (Å²) in [6.07, 6.45) is 0. The first-order chi connectivity index (χ1) is 12.8. The third-order valence-electron chi connectivity index (χ3n) is 3.91. The van der Waals surface area contributed by atoms with Crippen molar-refractivity contribution in [3.05, 3.63) is 68.1 Å². The van der Waals surface area contributed by atoms with Crippen molar-refractivity contribution in [2.45, 2.75) is 27.4 Å². The van der Waals surface area contributed by atoms with Gasteiger partial charge < -0.3 is 4.74 Å². The Kier molecular flexibility index (Phi) is 6.19. The van der Waals surface area contributed by atoms with Crippen molar-refractivity contribution < 1.29 is 9.53 Å². The van der Waals surface area contributed by atoms with E-state index in [4.69, 9.17) is 16.3 Å². The molecule has 7 heteroatoms. The summed E-state index contributed by atoms with van der Waals surface area (Å²) in [5, 5.41) is 3.16. The van der Waals surface area contributed by atoms with Gasteiger partial charge in [0.05, 0.1) is 15.9 Å². The fraction of sp³-hybridized carbons (Fsp3) is 0.200. The number of benzene rings is 2. The van der Waals surface area contributed by atoms with Crippen molar-refractivity contribution in [3.63, 3.8) is 0 Å². The van der Waals surface area contributed by atoms with Gasteiger partial charge in [-0.05, 0) is 59.6 Å². The molecule has 1 aromatic heterocycles. The van der Waals surface area contributed by atoms with Gasteiger partial charge in [0.1, 0.15) is 12.4 Å². The lowest BCUT2D eigenvalue weighted by Gasteiger charge is -2.20. The highest BCUT2D eigenvalue weighted by Gasteiger charge is 2.20. The van der Waals surface area contributed by atoms with Crippen LogP contribution in [0.3, 0.4) is 0 Å². The molecule has 0 aliphatic rings. The van der Waals surface area contributed by atoms with Crippen LogP contribution in [0.2, 0.25) is 5.02 Å². The SMILES string of the molecule is CC(=O)N(c1nc(COc2ccc(Cl)cc2Br)cs1)c1ccc(C)cc1C. The minimum Gasteiger partial charge on any atom is -0.486 e. The quantitative estimate of drug-likeness (QED) is 0.435. The normalized spacial score (nSPS) is 10.7. The lowest BCUT2D eigenvalue weighted by atomic mass is 10.1. The maximum absolute atomic E-state index is 12.3. The van der Waals surface area contributed by atoms with Crippen molar-refractivity contribution in [2.75, 3.05) is 4.90 Å². The fourth-order valence-electron chi connectivity index (χ4n) is 2.67. The van der Waals surface area contributed by atoms with Crippen molar-refractivity contribution >= 4 is 55.6 Å². The number of amides is 1. The lowest BCUT2D eigenvalue weighted by molar-refractivity contribution is -0.115. The monoisotopic (exact) mass is 464 g/mol. The number of carbonyl (C=O) groups is 1. The molecule has 3 rings (SSSR count). The Hall–Kier alpha value is -1.89. The summed E-state index contributed by atoms with van der Waals surface area (Å²) in [5.74, 6) is 0.607. The summed E-state index contributed by atoms with van der Waals surface area (Å²) in [7, 11) is 0. The van der Waals surface area contributed by atoms with E-state index in [-0.39, 0.29) is 5.91 Å². The molecule has 4 nitrogen and oxygen atoms in total. The highest BCUT2D eigenvalue weighted by molar-refractivity contribution is 9.10. The van der Waals surface area contributed by atoms with Gasteiger partial charge in [0.25, 0.3) is 0 Å². The third-order valence-corrected chi connectivity index (χ3v) is 5.64. The molecule has 27 heavy (non-hydrogen) atoms. The smallest absolute Gasteiger partial charge is 0.230 e. The van der Waals surface area contributed by atoms with Crippen molar-refractivity contribution in [2.24, 2.45) is 0 Å². The van der Waals surface area contributed by atoms with Crippen molar-refractivity contribution in [1.29, 1.82) is 0 Å². The molecule has 3 aromatic rings. The Morgan fingerprint density at radius 2 is 2.04 bits per heavy atom. The molecular formula is C20H18BrClN2O2S. The van der Waals surface area contributed by atoms with Gasteiger partial charge in [-0.3, -0.25) is 9.69 Å². The van der Waals surface area contributed by atoms with Crippen LogP contribution in [0.1, 0.15) is 23.7 Å². The average Bonchev–Trinajstić information content (AvgIpc) is 3.04. The Morgan fingerprint density at radius 3 is 2.70 bits per heavy atom. The Balaban J connectivity index is 1.81. The van der Waals surface area contributed by atoms with Crippen LogP contribution in [0, 0.1) is 13.8 Å². The van der Waals surface area contributed by atoms with Gasteiger partial charge in [-0.25, -0.2) is 4.98 Å². The molecule has 0 N–H and O–H groups in total. The summed E-state index contributed by atoms with van der Waals surface area (Å²) in [6, 6.07) is 11.4. The van der Waals surface area contributed by atoms with Gasteiger partial charge in [0.15, 0.2) is 5.13 Å². The maximum atomic E-state index is 12.3.